The Morgan fingerprint density at radius 1 is 0.968 bits per heavy atom. The molecule has 16 heteroatoms. The highest BCUT2D eigenvalue weighted by Gasteiger charge is 2.43. The molecule has 4 aliphatic rings. The number of fused-ring (bicyclic) bond motifs is 2. The maximum atomic E-state index is 14.5. The fourth-order valence-corrected chi connectivity index (χ4v) is 8.37. The van der Waals surface area contributed by atoms with Gasteiger partial charge in [-0.1, -0.05) is 26.0 Å². The molecule has 3 aromatic carbocycles. The first-order valence-electron chi connectivity index (χ1n) is 20.9. The lowest BCUT2D eigenvalue weighted by atomic mass is 9.82. The summed E-state index contributed by atoms with van der Waals surface area (Å²) in [6.45, 7) is 5.09. The maximum Gasteiger partial charge on any atom is 0.255 e. The number of hydrogen-bond donors (Lipinski definition) is 2. The molecule has 1 saturated heterocycles. The molecule has 62 heavy (non-hydrogen) atoms. The van der Waals surface area contributed by atoms with Crippen LogP contribution in [0.2, 0.25) is 0 Å². The molecule has 15 nitrogen and oxygen atoms in total. The summed E-state index contributed by atoms with van der Waals surface area (Å²) in [5.74, 6) is 1.96. The first-order chi connectivity index (χ1) is 30.0. The zero-order valence-corrected chi connectivity index (χ0v) is 35.0. The van der Waals surface area contributed by atoms with Crippen LogP contribution >= 0.6 is 0 Å². The summed E-state index contributed by atoms with van der Waals surface area (Å²) < 4.78 is 42.8. The zero-order chi connectivity index (χ0) is 43.1. The van der Waals surface area contributed by atoms with Crippen LogP contribution in [0, 0.1) is 17.2 Å². The van der Waals surface area contributed by atoms with Gasteiger partial charge in [0.15, 0.2) is 23.0 Å². The number of methoxy groups -OCH3 is 2. The largest absolute Gasteiger partial charge is 0.493 e. The molecule has 5 aromatic rings. The predicted octanol–water partition coefficient (Wildman–Crippen LogP) is 6.29. The number of piperidine rings is 1. The van der Waals surface area contributed by atoms with Crippen molar-refractivity contribution in [1.82, 2.24) is 30.2 Å². The number of benzene rings is 3. The SMILES string of the molecule is COc1ccc(C2=NN(C3CCN(C(=O)[C@@H](Cc4ccc(F)cc4)NC(=O)c4c[nH]c5c(-c6c(OCC7CC7)ccc7c6OCO7)ncnc45)CC3)C(=O)C(C)(C)C2)cc1OC. The molecule has 0 unspecified atom stereocenters. The number of aromatic amines is 1. The van der Waals surface area contributed by atoms with Crippen LogP contribution in [0.1, 0.15) is 67.4 Å². The molecule has 3 aliphatic heterocycles. The van der Waals surface area contributed by atoms with Gasteiger partial charge in [0.2, 0.25) is 18.6 Å². The summed E-state index contributed by atoms with van der Waals surface area (Å²) in [6, 6.07) is 13.8. The predicted molar refractivity (Wildman–Crippen MR) is 226 cm³/mol. The summed E-state index contributed by atoms with van der Waals surface area (Å²) in [4.78, 5) is 56.6. The Kier molecular flexibility index (Phi) is 10.9. The van der Waals surface area contributed by atoms with E-state index in [1.165, 1.54) is 18.5 Å². The number of hydrogen-bond acceptors (Lipinski definition) is 11. The number of rotatable bonds is 13. The van der Waals surface area contributed by atoms with Gasteiger partial charge in [0.05, 0.1) is 54.6 Å². The van der Waals surface area contributed by atoms with Gasteiger partial charge in [0, 0.05) is 37.7 Å². The average Bonchev–Trinajstić information content (AvgIpc) is 3.81. The van der Waals surface area contributed by atoms with E-state index >= 15 is 0 Å². The number of amides is 3. The van der Waals surface area contributed by atoms with Gasteiger partial charge in [-0.05, 0) is 79.6 Å². The fourth-order valence-electron chi connectivity index (χ4n) is 8.37. The molecule has 322 valence electrons. The summed E-state index contributed by atoms with van der Waals surface area (Å²) in [6.07, 6.45) is 6.65. The number of nitrogens with one attached hydrogen (secondary N) is 2. The number of ether oxygens (including phenoxy) is 5. The normalized spacial score (nSPS) is 17.8. The number of hydrazone groups is 1. The Labute approximate surface area is 357 Å². The highest BCUT2D eigenvalue weighted by Crippen LogP contribution is 2.48. The number of carbonyl (C=O) groups is 3. The van der Waals surface area contributed by atoms with E-state index < -0.39 is 23.2 Å². The Bertz CT molecular complexity index is 2560. The second-order valence-corrected chi connectivity index (χ2v) is 16.8. The van der Waals surface area contributed by atoms with Crippen molar-refractivity contribution in [3.63, 3.8) is 0 Å². The third-order valence-electron chi connectivity index (χ3n) is 12.0. The van der Waals surface area contributed by atoms with E-state index in [4.69, 9.17) is 28.8 Å². The van der Waals surface area contributed by atoms with E-state index in [2.05, 4.69) is 20.3 Å². The summed E-state index contributed by atoms with van der Waals surface area (Å²) in [7, 11) is 3.15. The van der Waals surface area contributed by atoms with Crippen molar-refractivity contribution < 1.29 is 42.5 Å². The molecule has 2 N–H and O–H groups in total. The van der Waals surface area contributed by atoms with E-state index in [-0.39, 0.29) is 36.6 Å². The van der Waals surface area contributed by atoms with E-state index in [1.807, 2.05) is 38.1 Å². The molecule has 0 bridgehead atoms. The quantitative estimate of drug-likeness (QED) is 0.137. The van der Waals surface area contributed by atoms with Crippen LogP contribution in [-0.4, -0.2) is 101 Å². The number of carbonyl (C=O) groups excluding carboxylic acids is 3. The Hall–Kier alpha value is -6.71. The molecule has 2 fully saturated rings. The first kappa shape index (κ1) is 40.7. The van der Waals surface area contributed by atoms with Gasteiger partial charge >= 0.3 is 0 Å². The van der Waals surface area contributed by atoms with Crippen LogP contribution in [-0.2, 0) is 16.0 Å². The highest BCUT2D eigenvalue weighted by molar-refractivity contribution is 6.09. The Morgan fingerprint density at radius 3 is 2.47 bits per heavy atom. The van der Waals surface area contributed by atoms with Crippen molar-refractivity contribution in [3.8, 4) is 40.0 Å². The number of aromatic nitrogens is 3. The topological polar surface area (TPSA) is 170 Å². The maximum absolute atomic E-state index is 14.5. The van der Waals surface area contributed by atoms with Crippen LogP contribution in [0.3, 0.4) is 0 Å². The van der Waals surface area contributed by atoms with Crippen molar-refractivity contribution in [3.05, 3.63) is 89.6 Å². The monoisotopic (exact) mass is 845 g/mol. The number of nitrogens with zero attached hydrogens (tertiary/aromatic N) is 5. The van der Waals surface area contributed by atoms with Gasteiger partial charge in [-0.25, -0.2) is 19.4 Å². The van der Waals surface area contributed by atoms with Gasteiger partial charge in [0.25, 0.3) is 5.91 Å². The van der Waals surface area contributed by atoms with Crippen LogP contribution in [0.4, 0.5) is 4.39 Å². The molecule has 3 amide bonds. The lowest BCUT2D eigenvalue weighted by Gasteiger charge is -2.42. The summed E-state index contributed by atoms with van der Waals surface area (Å²) in [5.41, 5.74) is 3.62. The molecule has 5 heterocycles. The van der Waals surface area contributed by atoms with Gasteiger partial charge in [-0.2, -0.15) is 5.10 Å². The minimum Gasteiger partial charge on any atom is -0.493 e. The first-order valence-corrected chi connectivity index (χ1v) is 20.9. The molecule has 1 aliphatic carbocycles. The van der Waals surface area contributed by atoms with Gasteiger partial charge in [0.1, 0.15) is 35.1 Å². The highest BCUT2D eigenvalue weighted by atomic mass is 19.1. The second-order valence-electron chi connectivity index (χ2n) is 16.8. The van der Waals surface area contributed by atoms with Crippen LogP contribution < -0.4 is 29.0 Å². The zero-order valence-electron chi connectivity index (χ0n) is 35.0. The van der Waals surface area contributed by atoms with E-state index in [0.29, 0.717) is 101 Å². The minimum atomic E-state index is -1.01. The second kappa shape index (κ2) is 16.6. The number of halogens is 1. The van der Waals surface area contributed by atoms with Crippen molar-refractivity contribution in [2.75, 3.05) is 40.7 Å². The summed E-state index contributed by atoms with van der Waals surface area (Å²) in [5, 5.41) is 9.46. The van der Waals surface area contributed by atoms with E-state index in [0.717, 1.165) is 24.1 Å². The van der Waals surface area contributed by atoms with Crippen molar-refractivity contribution >= 4 is 34.5 Å². The third-order valence-corrected chi connectivity index (χ3v) is 12.0. The van der Waals surface area contributed by atoms with Crippen molar-refractivity contribution in [2.24, 2.45) is 16.4 Å². The van der Waals surface area contributed by atoms with Crippen molar-refractivity contribution in [2.45, 2.75) is 64.5 Å². The molecule has 1 saturated carbocycles. The van der Waals surface area contributed by atoms with Gasteiger partial charge in [-0.15, -0.1) is 0 Å². The van der Waals surface area contributed by atoms with Crippen molar-refractivity contribution in [1.29, 1.82) is 0 Å². The third kappa shape index (κ3) is 7.96. The Balaban J connectivity index is 0.952. The molecule has 9 rings (SSSR count). The standard InChI is InChI=1S/C46H48FN7O8/c1-46(2)21-33(28-9-12-34(58-3)37(20-28)59-4)52-54(45(46)57)30-15-17-53(18-16-30)44(56)32(19-26-7-10-29(47)11-8-26)51-43(55)31-22-48-41-39(31)49-24-50-40(41)38-35(60-23-27-5-6-27)13-14-36-42(38)62-25-61-36/h7-14,20,22,24,27,30,32,48H,5-6,15-19,21,23,25H2,1-4H3,(H,51,55)/t32-/m1/s1. The lowest BCUT2D eigenvalue weighted by Crippen LogP contribution is -2.55. The molecule has 0 radical (unpaired) electrons. The summed E-state index contributed by atoms with van der Waals surface area (Å²) >= 11 is 0. The van der Waals surface area contributed by atoms with Crippen LogP contribution in [0.15, 0.2) is 72.2 Å². The lowest BCUT2D eigenvalue weighted by molar-refractivity contribution is -0.145. The van der Waals surface area contributed by atoms with Gasteiger partial charge in [-0.3, -0.25) is 14.4 Å². The Morgan fingerprint density at radius 2 is 1.73 bits per heavy atom. The minimum absolute atomic E-state index is 0.0478. The molecule has 0 spiro atoms. The average molecular weight is 846 g/mol. The van der Waals surface area contributed by atoms with E-state index in [1.54, 1.807) is 48.5 Å². The van der Waals surface area contributed by atoms with E-state index in [9.17, 15) is 18.8 Å². The molecule has 2 aromatic heterocycles. The van der Waals surface area contributed by atoms with Crippen LogP contribution in [0.5, 0.6) is 28.7 Å². The van der Waals surface area contributed by atoms with Crippen LogP contribution in [0.25, 0.3) is 22.3 Å². The smallest absolute Gasteiger partial charge is 0.255 e. The van der Waals surface area contributed by atoms with Gasteiger partial charge < -0.3 is 38.9 Å². The number of H-pyrrole nitrogens is 1. The number of likely N-dealkylation sites (tertiary alicyclic amines) is 1. The molecular weight excluding hydrogens is 798 g/mol. The fraction of sp³-hybridized carbons (Fsp3) is 0.391. The molecular formula is C46H48FN7O8. The molecule has 1 atom stereocenters.